The minimum absolute atomic E-state index is 0.143. The van der Waals surface area contributed by atoms with Gasteiger partial charge in [-0.1, -0.05) is 58.2 Å². The van der Waals surface area contributed by atoms with Crippen molar-refractivity contribution in [2.75, 3.05) is 12.4 Å². The molecule has 4 aromatic rings. The van der Waals surface area contributed by atoms with E-state index in [0.29, 0.717) is 6.42 Å². The van der Waals surface area contributed by atoms with Crippen molar-refractivity contribution in [3.63, 3.8) is 0 Å². The first-order valence-corrected chi connectivity index (χ1v) is 13.8. The van der Waals surface area contributed by atoms with Gasteiger partial charge in [0.25, 0.3) is 0 Å². The van der Waals surface area contributed by atoms with Crippen molar-refractivity contribution < 1.29 is 4.39 Å². The Bertz CT molecular complexity index is 1630. The molecule has 0 aliphatic rings. The van der Waals surface area contributed by atoms with E-state index in [1.165, 1.54) is 12.1 Å². The second-order valence-corrected chi connectivity index (χ2v) is 11.1. The lowest BCUT2D eigenvalue weighted by molar-refractivity contribution is 0.403. The third-order valence-electron chi connectivity index (χ3n) is 6.57. The number of benzene rings is 2. The van der Waals surface area contributed by atoms with Crippen LogP contribution in [0.1, 0.15) is 51.1 Å². The Hall–Kier alpha value is -4.89. The van der Waals surface area contributed by atoms with Gasteiger partial charge in [-0.2, -0.15) is 0 Å². The first-order chi connectivity index (χ1) is 20.1. The molecule has 2 aromatic heterocycles. The predicted molar refractivity (Wildman–Crippen MR) is 176 cm³/mol. The summed E-state index contributed by atoms with van der Waals surface area (Å²) in [7, 11) is 1.92. The second-order valence-electron chi connectivity index (χ2n) is 11.1. The molecule has 0 aliphatic carbocycles. The van der Waals surface area contributed by atoms with Gasteiger partial charge in [0.05, 0.1) is 17.2 Å². The number of nitrogens with one attached hydrogen (secondary N) is 3. The molecule has 5 nitrogen and oxygen atoms in total. The van der Waals surface area contributed by atoms with Crippen molar-refractivity contribution in [3.05, 3.63) is 120 Å². The van der Waals surface area contributed by atoms with Gasteiger partial charge in [-0.3, -0.25) is 4.98 Å². The van der Waals surface area contributed by atoms with Gasteiger partial charge in [0.15, 0.2) is 0 Å². The van der Waals surface area contributed by atoms with Crippen LogP contribution in [0.5, 0.6) is 0 Å². The molecule has 0 aliphatic heterocycles. The molecule has 6 heteroatoms. The van der Waals surface area contributed by atoms with E-state index in [-0.39, 0.29) is 11.2 Å². The summed E-state index contributed by atoms with van der Waals surface area (Å²) < 4.78 is 13.5. The van der Waals surface area contributed by atoms with E-state index in [0.717, 1.165) is 68.2 Å². The third kappa shape index (κ3) is 8.08. The Balaban J connectivity index is 0.00000237. The number of H-pyrrole nitrogens is 1. The number of nitrogens with zero attached hydrogens (tertiary/aromatic N) is 2. The Kier molecular flexibility index (Phi) is 10.6. The van der Waals surface area contributed by atoms with Crippen LogP contribution in [0.15, 0.2) is 97.6 Å². The minimum atomic E-state index is -0.271. The number of anilines is 1. The molecule has 4 rings (SSSR count). The van der Waals surface area contributed by atoms with Crippen LogP contribution in [0.2, 0.25) is 0 Å². The molecule has 2 heterocycles. The molecular formula is C36H40FN5. The zero-order valence-corrected chi connectivity index (χ0v) is 25.2. The van der Waals surface area contributed by atoms with E-state index in [1.54, 1.807) is 24.5 Å². The molecule has 0 atom stereocenters. The van der Waals surface area contributed by atoms with E-state index in [2.05, 4.69) is 97.7 Å². The number of halogens is 1. The number of rotatable bonds is 10. The van der Waals surface area contributed by atoms with E-state index >= 15 is 0 Å². The van der Waals surface area contributed by atoms with Crippen molar-refractivity contribution >= 4 is 22.3 Å². The van der Waals surface area contributed by atoms with Crippen molar-refractivity contribution in [3.8, 4) is 24.0 Å². The van der Waals surface area contributed by atoms with Crippen LogP contribution < -0.4 is 10.6 Å². The summed E-state index contributed by atoms with van der Waals surface area (Å²) in [6, 6.07) is 12.8. The maximum Gasteiger partial charge on any atom is 0.123 e. The Morgan fingerprint density at radius 3 is 2.43 bits per heavy atom. The monoisotopic (exact) mass is 561 g/mol. The number of terminal acetylenes is 1. The van der Waals surface area contributed by atoms with E-state index in [4.69, 9.17) is 4.98 Å². The zero-order chi connectivity index (χ0) is 30.9. The van der Waals surface area contributed by atoms with Crippen LogP contribution in [0.25, 0.3) is 27.7 Å². The van der Waals surface area contributed by atoms with Crippen molar-refractivity contribution in [1.29, 1.82) is 0 Å². The highest BCUT2D eigenvalue weighted by atomic mass is 19.1. The summed E-state index contributed by atoms with van der Waals surface area (Å²) in [6.45, 7) is 16.8. The third-order valence-corrected chi connectivity index (χ3v) is 6.57. The van der Waals surface area contributed by atoms with E-state index in [9.17, 15) is 4.39 Å². The highest BCUT2D eigenvalue weighted by molar-refractivity contribution is 5.91. The average Bonchev–Trinajstić information content (AvgIpc) is 3.38. The van der Waals surface area contributed by atoms with Gasteiger partial charge in [0.1, 0.15) is 11.6 Å². The number of imidazole rings is 1. The number of aromatic nitrogens is 3. The lowest BCUT2D eigenvalue weighted by Crippen LogP contribution is -2.16. The molecule has 0 fully saturated rings. The quantitative estimate of drug-likeness (QED) is 0.134. The number of aromatic amines is 1. The maximum atomic E-state index is 13.5. The molecular weight excluding hydrogens is 521 g/mol. The lowest BCUT2D eigenvalue weighted by atomic mass is 9.91. The van der Waals surface area contributed by atoms with Crippen LogP contribution in [-0.2, 0) is 6.42 Å². The Labute approximate surface area is 249 Å². The number of hydrogen-bond donors (Lipinski definition) is 3. The molecule has 216 valence electrons. The highest BCUT2D eigenvalue weighted by Crippen LogP contribution is 2.29. The minimum Gasteiger partial charge on any atom is -0.388 e. The highest BCUT2D eigenvalue weighted by Gasteiger charge is 2.14. The van der Waals surface area contributed by atoms with Crippen LogP contribution >= 0.6 is 0 Å². The largest absolute Gasteiger partial charge is 0.388 e. The number of allylic oxidation sites excluding steroid dienone is 5. The zero-order valence-electron chi connectivity index (χ0n) is 25.2. The lowest BCUT2D eigenvalue weighted by Gasteiger charge is -2.21. The molecule has 3 N–H and O–H groups in total. The van der Waals surface area contributed by atoms with Crippen LogP contribution in [0, 0.1) is 24.1 Å². The van der Waals surface area contributed by atoms with Crippen molar-refractivity contribution in [1.82, 2.24) is 20.3 Å². The van der Waals surface area contributed by atoms with Gasteiger partial charge < -0.3 is 15.6 Å². The van der Waals surface area contributed by atoms with Crippen LogP contribution in [0.3, 0.4) is 0 Å². The van der Waals surface area contributed by atoms with Crippen LogP contribution in [-0.4, -0.2) is 22.0 Å². The van der Waals surface area contributed by atoms with E-state index < -0.39 is 0 Å². The average molecular weight is 562 g/mol. The Morgan fingerprint density at radius 1 is 1.10 bits per heavy atom. The van der Waals surface area contributed by atoms with Gasteiger partial charge in [-0.15, -0.1) is 12.8 Å². The normalized spacial score (nSPS) is 11.9. The van der Waals surface area contributed by atoms with Gasteiger partial charge >= 0.3 is 0 Å². The number of hydrogen-bond acceptors (Lipinski definition) is 4. The maximum absolute atomic E-state index is 13.5. The number of fused-ring (bicyclic) bond motifs is 1. The SMILES string of the molecule is C#C.C=C/C(=C\C(=C/C)c1ccc(NC)c(Cc2nc3c(-c4ccc(F)cc4)cncc3[nH]2)c1)NC(=C)CC(C)(C)C. The van der Waals surface area contributed by atoms with Gasteiger partial charge in [0.2, 0.25) is 0 Å². The summed E-state index contributed by atoms with van der Waals surface area (Å²) >= 11 is 0. The molecule has 42 heavy (non-hydrogen) atoms. The fraction of sp³-hybridized carbons (Fsp3) is 0.222. The van der Waals surface area contributed by atoms with Gasteiger partial charge in [-0.05, 0) is 77.4 Å². The molecule has 0 saturated heterocycles. The van der Waals surface area contributed by atoms with E-state index in [1.807, 2.05) is 20.0 Å². The molecule has 0 spiro atoms. The fourth-order valence-electron chi connectivity index (χ4n) is 4.79. The molecule has 0 amide bonds. The molecule has 2 aromatic carbocycles. The second kappa shape index (κ2) is 14.1. The van der Waals surface area contributed by atoms with Crippen molar-refractivity contribution in [2.45, 2.75) is 40.5 Å². The summed E-state index contributed by atoms with van der Waals surface area (Å²) in [5, 5.41) is 6.74. The van der Waals surface area contributed by atoms with Gasteiger partial charge in [-0.25, -0.2) is 9.37 Å². The molecule has 0 saturated carbocycles. The summed E-state index contributed by atoms with van der Waals surface area (Å²) in [4.78, 5) is 12.7. The summed E-state index contributed by atoms with van der Waals surface area (Å²) in [5.41, 5.74) is 9.68. The first kappa shape index (κ1) is 31.6. The summed E-state index contributed by atoms with van der Waals surface area (Å²) in [6.07, 6.45) is 19.0. The summed E-state index contributed by atoms with van der Waals surface area (Å²) in [5.74, 6) is 0.553. The fourth-order valence-corrected chi connectivity index (χ4v) is 4.79. The molecule has 0 bridgehead atoms. The Morgan fingerprint density at radius 2 is 1.81 bits per heavy atom. The first-order valence-electron chi connectivity index (χ1n) is 13.8. The van der Waals surface area contributed by atoms with Crippen LogP contribution in [0.4, 0.5) is 10.1 Å². The van der Waals surface area contributed by atoms with Crippen molar-refractivity contribution in [2.24, 2.45) is 5.41 Å². The topological polar surface area (TPSA) is 65.6 Å². The number of pyridine rings is 1. The predicted octanol–water partition coefficient (Wildman–Crippen LogP) is 8.66. The standard InChI is InChI=1S/C34H38FN5.C2H2/c1-8-23(17-28(9-2)38-22(3)19-34(4,5)6)25-12-15-30(36-7)26(16-25)18-32-39-31-21-37-20-29(33(31)40-32)24-10-13-27(35)14-11-24;1-2/h8-17,20-21,36,38H,2-3,18-19H2,1,4-7H3,(H,39,40);1-2H/b23-8+,28-17+;. The molecule has 0 unspecified atom stereocenters. The smallest absolute Gasteiger partial charge is 0.123 e. The molecule has 0 radical (unpaired) electrons. The van der Waals surface area contributed by atoms with Gasteiger partial charge in [0, 0.05) is 42.3 Å².